The third kappa shape index (κ3) is 3.42. The highest BCUT2D eigenvalue weighted by Crippen LogP contribution is 2.29. The molecule has 4 heteroatoms. The van der Waals surface area contributed by atoms with E-state index < -0.39 is 0 Å². The molecular formula is C13H25N3S. The maximum Gasteiger partial charge on any atom is 0.185 e. The van der Waals surface area contributed by atoms with E-state index in [2.05, 4.69) is 57.3 Å². The molecule has 0 aliphatic heterocycles. The van der Waals surface area contributed by atoms with E-state index in [1.54, 1.807) is 11.3 Å². The Morgan fingerprint density at radius 1 is 1.47 bits per heavy atom. The monoisotopic (exact) mass is 255 g/mol. The minimum atomic E-state index is 0.163. The second-order valence-electron chi connectivity index (χ2n) is 5.06. The van der Waals surface area contributed by atoms with Crippen LogP contribution in [0.2, 0.25) is 0 Å². The third-order valence-electron chi connectivity index (χ3n) is 3.52. The fraction of sp³-hybridized carbons (Fsp3) is 0.769. The normalized spacial score (nSPS) is 13.8. The summed E-state index contributed by atoms with van der Waals surface area (Å²) in [5, 5.41) is 6.66. The second-order valence-corrected chi connectivity index (χ2v) is 5.90. The lowest BCUT2D eigenvalue weighted by Crippen LogP contribution is -2.40. The van der Waals surface area contributed by atoms with Gasteiger partial charge in [0.25, 0.3) is 0 Å². The van der Waals surface area contributed by atoms with Crippen LogP contribution in [0.3, 0.4) is 0 Å². The van der Waals surface area contributed by atoms with Gasteiger partial charge in [-0.3, -0.25) is 0 Å². The van der Waals surface area contributed by atoms with E-state index in [0.717, 1.165) is 23.8 Å². The quantitative estimate of drug-likeness (QED) is 0.844. The summed E-state index contributed by atoms with van der Waals surface area (Å²) in [5.41, 5.74) is 1.31. The molecule has 0 aliphatic carbocycles. The summed E-state index contributed by atoms with van der Waals surface area (Å²) in [7, 11) is 2.13. The molecule has 0 bridgehead atoms. The molecular weight excluding hydrogens is 230 g/mol. The summed E-state index contributed by atoms with van der Waals surface area (Å²) in [6, 6.07) is 0.336. The van der Waals surface area contributed by atoms with Crippen molar-refractivity contribution in [3.63, 3.8) is 0 Å². The molecule has 1 atom stereocenters. The molecule has 1 aromatic heterocycles. The van der Waals surface area contributed by atoms with Crippen molar-refractivity contribution in [3.8, 4) is 0 Å². The lowest BCUT2D eigenvalue weighted by molar-refractivity contribution is 0.469. The highest BCUT2D eigenvalue weighted by molar-refractivity contribution is 7.13. The Morgan fingerprint density at radius 3 is 2.65 bits per heavy atom. The lowest BCUT2D eigenvalue weighted by atomic mass is 10.0. The Hall–Kier alpha value is -0.610. The molecule has 0 spiro atoms. The summed E-state index contributed by atoms with van der Waals surface area (Å²) in [6.07, 6.45) is 1.11. The molecule has 17 heavy (non-hydrogen) atoms. The molecule has 0 aliphatic rings. The van der Waals surface area contributed by atoms with Gasteiger partial charge < -0.3 is 10.2 Å². The van der Waals surface area contributed by atoms with Crippen LogP contribution in [0, 0.1) is 0 Å². The average Bonchev–Trinajstić information content (AvgIpc) is 2.77. The average molecular weight is 255 g/mol. The summed E-state index contributed by atoms with van der Waals surface area (Å²) in [5.74, 6) is 0. The molecule has 1 N–H and O–H groups in total. The van der Waals surface area contributed by atoms with Gasteiger partial charge in [0.1, 0.15) is 0 Å². The first kappa shape index (κ1) is 14.5. The lowest BCUT2D eigenvalue weighted by Gasteiger charge is -2.34. The van der Waals surface area contributed by atoms with Crippen molar-refractivity contribution in [2.45, 2.75) is 52.6 Å². The molecule has 3 nitrogen and oxygen atoms in total. The third-order valence-corrected chi connectivity index (χ3v) is 4.46. The molecule has 1 unspecified atom stereocenters. The smallest absolute Gasteiger partial charge is 0.185 e. The predicted molar refractivity (Wildman–Crippen MR) is 77.0 cm³/mol. The number of rotatable bonds is 6. The van der Waals surface area contributed by atoms with Crippen LogP contribution < -0.4 is 10.2 Å². The Kier molecular flexibility index (Phi) is 4.95. The molecule has 0 aromatic carbocycles. The van der Waals surface area contributed by atoms with Crippen LogP contribution in [0.4, 0.5) is 5.13 Å². The molecule has 0 amide bonds. The van der Waals surface area contributed by atoms with Crippen molar-refractivity contribution in [2.75, 3.05) is 18.5 Å². The number of aromatic nitrogens is 1. The first-order valence-electron chi connectivity index (χ1n) is 6.35. The number of nitrogens with zero attached hydrogens (tertiary/aromatic N) is 2. The van der Waals surface area contributed by atoms with Crippen LogP contribution >= 0.6 is 11.3 Å². The minimum Gasteiger partial charge on any atom is -0.346 e. The Bertz CT molecular complexity index is 346. The van der Waals surface area contributed by atoms with E-state index in [9.17, 15) is 0 Å². The maximum absolute atomic E-state index is 4.72. The van der Waals surface area contributed by atoms with Crippen molar-refractivity contribution in [1.82, 2.24) is 10.3 Å². The van der Waals surface area contributed by atoms with Crippen LogP contribution in [-0.2, 0) is 0 Å². The summed E-state index contributed by atoms with van der Waals surface area (Å²) >= 11 is 1.73. The van der Waals surface area contributed by atoms with Gasteiger partial charge in [-0.2, -0.15) is 0 Å². The highest BCUT2D eigenvalue weighted by atomic mass is 32.1. The first-order chi connectivity index (χ1) is 7.92. The topological polar surface area (TPSA) is 28.2 Å². The zero-order chi connectivity index (χ0) is 13.1. The second kappa shape index (κ2) is 5.83. The first-order valence-corrected chi connectivity index (χ1v) is 7.23. The molecule has 0 saturated carbocycles. The molecule has 1 aromatic rings. The molecule has 1 heterocycles. The molecule has 0 radical (unpaired) electrons. The molecule has 1 rings (SSSR count). The van der Waals surface area contributed by atoms with Crippen molar-refractivity contribution in [3.05, 3.63) is 11.1 Å². The van der Waals surface area contributed by atoms with Crippen molar-refractivity contribution >= 4 is 16.5 Å². The van der Waals surface area contributed by atoms with Gasteiger partial charge >= 0.3 is 0 Å². The van der Waals surface area contributed by atoms with Gasteiger partial charge in [0.15, 0.2) is 5.13 Å². The number of hydrogen-bond acceptors (Lipinski definition) is 4. The fourth-order valence-corrected chi connectivity index (χ4v) is 2.58. The van der Waals surface area contributed by atoms with E-state index in [1.165, 1.54) is 0 Å². The zero-order valence-electron chi connectivity index (χ0n) is 11.9. The van der Waals surface area contributed by atoms with Crippen molar-refractivity contribution < 1.29 is 0 Å². The van der Waals surface area contributed by atoms with E-state index in [-0.39, 0.29) is 5.54 Å². The summed E-state index contributed by atoms with van der Waals surface area (Å²) in [6.45, 7) is 12.0. The fourth-order valence-electron chi connectivity index (χ4n) is 1.54. The number of thiazole rings is 1. The van der Waals surface area contributed by atoms with Gasteiger partial charge in [0.2, 0.25) is 0 Å². The van der Waals surface area contributed by atoms with Crippen molar-refractivity contribution in [2.24, 2.45) is 0 Å². The van der Waals surface area contributed by atoms with Crippen LogP contribution in [0.15, 0.2) is 5.38 Å². The summed E-state index contributed by atoms with van der Waals surface area (Å²) < 4.78 is 0. The van der Waals surface area contributed by atoms with E-state index in [0.29, 0.717) is 6.04 Å². The van der Waals surface area contributed by atoms with Gasteiger partial charge in [-0.05, 0) is 33.7 Å². The van der Waals surface area contributed by atoms with Gasteiger partial charge in [-0.1, -0.05) is 13.8 Å². The van der Waals surface area contributed by atoms with Crippen LogP contribution in [-0.4, -0.2) is 24.1 Å². The standard InChI is InChI=1S/C13H25N3S/c1-7-13(4,5)16(6)12-15-11(9-17-12)10(3)14-8-2/h9-10,14H,7-8H2,1-6H3. The van der Waals surface area contributed by atoms with Gasteiger partial charge in [-0.25, -0.2) is 4.98 Å². The van der Waals surface area contributed by atoms with E-state index in [4.69, 9.17) is 4.98 Å². The largest absolute Gasteiger partial charge is 0.346 e. The maximum atomic E-state index is 4.72. The van der Waals surface area contributed by atoms with Crippen LogP contribution in [0.1, 0.15) is 52.8 Å². The van der Waals surface area contributed by atoms with Gasteiger partial charge in [0, 0.05) is 24.0 Å². The minimum absolute atomic E-state index is 0.163. The number of nitrogens with one attached hydrogen (secondary N) is 1. The molecule has 0 saturated heterocycles. The molecule has 98 valence electrons. The predicted octanol–water partition coefficient (Wildman–Crippen LogP) is 3.44. The Morgan fingerprint density at radius 2 is 2.12 bits per heavy atom. The number of anilines is 1. The van der Waals surface area contributed by atoms with Gasteiger partial charge in [0.05, 0.1) is 5.69 Å². The number of hydrogen-bond donors (Lipinski definition) is 1. The van der Waals surface area contributed by atoms with Crippen LogP contribution in [0.25, 0.3) is 0 Å². The Labute approximate surface area is 109 Å². The van der Waals surface area contributed by atoms with E-state index in [1.807, 2.05) is 0 Å². The summed E-state index contributed by atoms with van der Waals surface area (Å²) in [4.78, 5) is 7.00. The van der Waals surface area contributed by atoms with Gasteiger partial charge in [-0.15, -0.1) is 11.3 Å². The SMILES string of the molecule is CCNC(C)c1csc(N(C)C(C)(C)CC)n1. The van der Waals surface area contributed by atoms with Crippen LogP contribution in [0.5, 0.6) is 0 Å². The highest BCUT2D eigenvalue weighted by Gasteiger charge is 2.24. The molecule has 0 fully saturated rings. The van der Waals surface area contributed by atoms with Crippen molar-refractivity contribution in [1.29, 1.82) is 0 Å². The zero-order valence-corrected chi connectivity index (χ0v) is 12.7. The Balaban J connectivity index is 2.80. The van der Waals surface area contributed by atoms with E-state index >= 15 is 0 Å².